The van der Waals surface area contributed by atoms with E-state index < -0.39 is 5.97 Å². The lowest BCUT2D eigenvalue weighted by Crippen LogP contribution is -2.20. The van der Waals surface area contributed by atoms with Crippen molar-refractivity contribution in [3.63, 3.8) is 0 Å². The minimum absolute atomic E-state index is 0.181. The first-order valence-electron chi connectivity index (χ1n) is 4.85. The summed E-state index contributed by atoms with van der Waals surface area (Å²) in [6.45, 7) is 1.35. The van der Waals surface area contributed by atoms with Crippen molar-refractivity contribution in [2.24, 2.45) is 0 Å². The molecular weight excluding hydrogens is 258 g/mol. The summed E-state index contributed by atoms with van der Waals surface area (Å²) in [5.41, 5.74) is 1.25. The Labute approximate surface area is 97.6 Å². The van der Waals surface area contributed by atoms with Crippen molar-refractivity contribution in [3.05, 3.63) is 34.3 Å². The Morgan fingerprint density at radius 2 is 1.93 bits per heavy atom. The van der Waals surface area contributed by atoms with Crippen molar-refractivity contribution in [1.82, 2.24) is 5.32 Å². The van der Waals surface area contributed by atoms with Gasteiger partial charge in [-0.05, 0) is 30.7 Å². The molecule has 0 aromatic heterocycles. The van der Waals surface area contributed by atoms with Gasteiger partial charge in [-0.2, -0.15) is 0 Å². The predicted octanol–water partition coefficient (Wildman–Crippen LogP) is 2.06. The van der Waals surface area contributed by atoms with Crippen LogP contribution in [-0.2, 0) is 11.2 Å². The second kappa shape index (κ2) is 6.58. The molecule has 0 bridgehead atoms. The fraction of sp³-hybridized carbons (Fsp3) is 0.364. The van der Waals surface area contributed by atoms with Crippen LogP contribution in [0.2, 0.25) is 0 Å². The van der Waals surface area contributed by atoms with E-state index in [1.54, 1.807) is 0 Å². The summed E-state index contributed by atoms with van der Waals surface area (Å²) in [5.74, 6) is -0.758. The number of carbonyl (C=O) groups is 1. The molecule has 82 valence electrons. The molecule has 0 unspecified atom stereocenters. The third kappa shape index (κ3) is 5.54. The molecule has 2 N–H and O–H groups in total. The van der Waals surface area contributed by atoms with Gasteiger partial charge >= 0.3 is 5.97 Å². The highest BCUT2D eigenvalue weighted by Crippen LogP contribution is 2.10. The number of nitrogens with one attached hydrogen (secondary N) is 1. The molecule has 3 nitrogen and oxygen atoms in total. The molecule has 0 amide bonds. The number of hydrogen-bond acceptors (Lipinski definition) is 2. The normalized spacial score (nSPS) is 10.2. The fourth-order valence-corrected chi connectivity index (χ4v) is 1.47. The summed E-state index contributed by atoms with van der Waals surface area (Å²) in [4.78, 5) is 10.2. The maximum atomic E-state index is 10.2. The van der Waals surface area contributed by atoms with Crippen molar-refractivity contribution in [2.45, 2.75) is 12.8 Å². The van der Waals surface area contributed by atoms with Crippen LogP contribution < -0.4 is 5.32 Å². The third-order valence-corrected chi connectivity index (χ3v) is 2.55. The van der Waals surface area contributed by atoms with Gasteiger partial charge in [-0.25, -0.2) is 0 Å². The SMILES string of the molecule is O=C(O)CCNCCc1ccc(Br)cc1. The molecule has 1 aromatic rings. The predicted molar refractivity (Wildman–Crippen MR) is 63.0 cm³/mol. The molecule has 1 rings (SSSR count). The van der Waals surface area contributed by atoms with E-state index in [0.29, 0.717) is 6.54 Å². The van der Waals surface area contributed by atoms with Gasteiger partial charge in [0.25, 0.3) is 0 Å². The first-order valence-corrected chi connectivity index (χ1v) is 5.65. The monoisotopic (exact) mass is 271 g/mol. The molecule has 0 fully saturated rings. The Morgan fingerprint density at radius 3 is 2.53 bits per heavy atom. The van der Waals surface area contributed by atoms with Crippen molar-refractivity contribution in [3.8, 4) is 0 Å². The van der Waals surface area contributed by atoms with E-state index >= 15 is 0 Å². The Morgan fingerprint density at radius 1 is 1.27 bits per heavy atom. The van der Waals surface area contributed by atoms with Gasteiger partial charge in [0.2, 0.25) is 0 Å². The van der Waals surface area contributed by atoms with E-state index in [4.69, 9.17) is 5.11 Å². The first-order chi connectivity index (χ1) is 7.18. The van der Waals surface area contributed by atoms with Crippen LogP contribution in [0.3, 0.4) is 0 Å². The average molecular weight is 272 g/mol. The van der Waals surface area contributed by atoms with Crippen LogP contribution in [0.1, 0.15) is 12.0 Å². The molecule has 0 aliphatic heterocycles. The molecule has 0 atom stereocenters. The summed E-state index contributed by atoms with van der Waals surface area (Å²) in [7, 11) is 0. The Hall–Kier alpha value is -0.870. The zero-order valence-electron chi connectivity index (χ0n) is 8.37. The fourth-order valence-electron chi connectivity index (χ4n) is 1.20. The van der Waals surface area contributed by atoms with E-state index in [2.05, 4.69) is 33.4 Å². The summed E-state index contributed by atoms with van der Waals surface area (Å²) in [6, 6.07) is 8.13. The van der Waals surface area contributed by atoms with Gasteiger partial charge in [0.05, 0.1) is 6.42 Å². The summed E-state index contributed by atoms with van der Waals surface area (Å²) >= 11 is 3.37. The van der Waals surface area contributed by atoms with Gasteiger partial charge in [-0.3, -0.25) is 4.79 Å². The standard InChI is InChI=1S/C11H14BrNO2/c12-10-3-1-9(2-4-10)5-7-13-8-6-11(14)15/h1-4,13H,5-8H2,(H,14,15). The number of halogens is 1. The van der Waals surface area contributed by atoms with Crippen LogP contribution in [0.15, 0.2) is 28.7 Å². The second-order valence-corrected chi connectivity index (χ2v) is 4.19. The average Bonchev–Trinajstić information content (AvgIpc) is 2.20. The van der Waals surface area contributed by atoms with E-state index in [1.165, 1.54) is 5.56 Å². The number of hydrogen-bond donors (Lipinski definition) is 2. The molecule has 0 saturated carbocycles. The quantitative estimate of drug-likeness (QED) is 0.779. The molecule has 0 spiro atoms. The highest BCUT2D eigenvalue weighted by molar-refractivity contribution is 9.10. The molecule has 15 heavy (non-hydrogen) atoms. The van der Waals surface area contributed by atoms with Gasteiger partial charge < -0.3 is 10.4 Å². The van der Waals surface area contributed by atoms with E-state index in [-0.39, 0.29) is 6.42 Å². The van der Waals surface area contributed by atoms with Crippen LogP contribution in [0.25, 0.3) is 0 Å². The highest BCUT2D eigenvalue weighted by atomic mass is 79.9. The van der Waals surface area contributed by atoms with Gasteiger partial charge in [-0.1, -0.05) is 28.1 Å². The Kier molecular flexibility index (Phi) is 5.36. The van der Waals surface area contributed by atoms with Crippen LogP contribution in [0.5, 0.6) is 0 Å². The zero-order chi connectivity index (χ0) is 11.1. The summed E-state index contributed by atoms with van der Waals surface area (Å²) < 4.78 is 1.07. The summed E-state index contributed by atoms with van der Waals surface area (Å²) in [6.07, 6.45) is 1.10. The van der Waals surface area contributed by atoms with Crippen molar-refractivity contribution in [2.75, 3.05) is 13.1 Å². The number of aliphatic carboxylic acids is 1. The van der Waals surface area contributed by atoms with Gasteiger partial charge in [-0.15, -0.1) is 0 Å². The number of rotatable bonds is 6. The topological polar surface area (TPSA) is 49.3 Å². The maximum absolute atomic E-state index is 10.2. The molecule has 0 heterocycles. The van der Waals surface area contributed by atoms with Gasteiger partial charge in [0.15, 0.2) is 0 Å². The first kappa shape index (κ1) is 12.2. The smallest absolute Gasteiger partial charge is 0.304 e. The third-order valence-electron chi connectivity index (χ3n) is 2.02. The van der Waals surface area contributed by atoms with E-state index in [9.17, 15) is 4.79 Å². The van der Waals surface area contributed by atoms with Crippen LogP contribution >= 0.6 is 15.9 Å². The number of carboxylic acids is 1. The highest BCUT2D eigenvalue weighted by Gasteiger charge is 1.96. The number of benzene rings is 1. The largest absolute Gasteiger partial charge is 0.481 e. The molecular formula is C11H14BrNO2. The molecule has 0 saturated heterocycles. The molecule has 4 heteroatoms. The maximum Gasteiger partial charge on any atom is 0.304 e. The van der Waals surface area contributed by atoms with Crippen molar-refractivity contribution in [1.29, 1.82) is 0 Å². The van der Waals surface area contributed by atoms with Crippen molar-refractivity contribution >= 4 is 21.9 Å². The van der Waals surface area contributed by atoms with Crippen LogP contribution in [-0.4, -0.2) is 24.2 Å². The van der Waals surface area contributed by atoms with Gasteiger partial charge in [0, 0.05) is 11.0 Å². The van der Waals surface area contributed by atoms with E-state index in [0.717, 1.165) is 17.4 Å². The number of carboxylic acid groups (broad SMARTS) is 1. The van der Waals surface area contributed by atoms with Crippen LogP contribution in [0.4, 0.5) is 0 Å². The van der Waals surface area contributed by atoms with E-state index in [1.807, 2.05) is 12.1 Å². The summed E-state index contributed by atoms with van der Waals surface area (Å²) in [5, 5.41) is 11.5. The molecule has 0 radical (unpaired) electrons. The molecule has 0 aliphatic rings. The lowest BCUT2D eigenvalue weighted by atomic mass is 10.1. The Bertz CT molecular complexity index is 311. The lowest BCUT2D eigenvalue weighted by molar-refractivity contribution is -0.136. The molecule has 0 aliphatic carbocycles. The minimum Gasteiger partial charge on any atom is -0.481 e. The second-order valence-electron chi connectivity index (χ2n) is 3.27. The Balaban J connectivity index is 2.15. The van der Waals surface area contributed by atoms with Crippen LogP contribution in [0, 0.1) is 0 Å². The molecule has 1 aromatic carbocycles. The van der Waals surface area contributed by atoms with Crippen molar-refractivity contribution < 1.29 is 9.90 Å². The minimum atomic E-state index is -0.758. The van der Waals surface area contributed by atoms with Gasteiger partial charge in [0.1, 0.15) is 0 Å². The lowest BCUT2D eigenvalue weighted by Gasteiger charge is -2.03. The zero-order valence-corrected chi connectivity index (χ0v) is 9.96.